The van der Waals surface area contributed by atoms with Crippen LogP contribution in [0.1, 0.15) is 36.7 Å². The molecule has 0 atom stereocenters. The lowest BCUT2D eigenvalue weighted by molar-refractivity contribution is 0.0600. The zero-order valence-electron chi connectivity index (χ0n) is 9.83. The van der Waals surface area contributed by atoms with E-state index >= 15 is 0 Å². The van der Waals surface area contributed by atoms with Gasteiger partial charge in [-0.3, -0.25) is 0 Å². The SMILES string of the molecule is CC.CCc1cc(C(=O)OC)ccc1N. The van der Waals surface area contributed by atoms with Gasteiger partial charge in [0.1, 0.15) is 0 Å². The fourth-order valence-electron chi connectivity index (χ4n) is 1.16. The molecule has 0 saturated carbocycles. The minimum Gasteiger partial charge on any atom is -0.465 e. The molecule has 0 spiro atoms. The molecule has 0 amide bonds. The standard InChI is InChI=1S/C10H13NO2.C2H6/c1-3-7-6-8(10(12)13-2)4-5-9(7)11;1-2/h4-6H,3,11H2,1-2H3;1-2H3. The van der Waals surface area contributed by atoms with Crippen LogP contribution in [0.5, 0.6) is 0 Å². The molecule has 1 aromatic rings. The third kappa shape index (κ3) is 3.62. The normalized spacial score (nSPS) is 8.80. The summed E-state index contributed by atoms with van der Waals surface area (Å²) >= 11 is 0. The predicted molar refractivity (Wildman–Crippen MR) is 62.9 cm³/mol. The van der Waals surface area contributed by atoms with Crippen LogP contribution in [0.15, 0.2) is 18.2 Å². The summed E-state index contributed by atoms with van der Waals surface area (Å²) in [5.74, 6) is -0.324. The second kappa shape index (κ2) is 6.87. The molecule has 0 radical (unpaired) electrons. The van der Waals surface area contributed by atoms with E-state index in [-0.39, 0.29) is 5.97 Å². The lowest BCUT2D eigenvalue weighted by Crippen LogP contribution is -2.03. The Labute approximate surface area is 91.2 Å². The average Bonchev–Trinajstić information content (AvgIpc) is 2.31. The fourth-order valence-corrected chi connectivity index (χ4v) is 1.16. The van der Waals surface area contributed by atoms with Crippen molar-refractivity contribution in [1.29, 1.82) is 0 Å². The van der Waals surface area contributed by atoms with Gasteiger partial charge in [-0.05, 0) is 30.2 Å². The van der Waals surface area contributed by atoms with Crippen molar-refractivity contribution in [1.82, 2.24) is 0 Å². The van der Waals surface area contributed by atoms with Crippen molar-refractivity contribution in [2.75, 3.05) is 12.8 Å². The number of nitrogens with two attached hydrogens (primary N) is 1. The van der Waals surface area contributed by atoms with E-state index in [4.69, 9.17) is 5.73 Å². The maximum Gasteiger partial charge on any atom is 0.337 e. The number of benzene rings is 1. The van der Waals surface area contributed by atoms with E-state index in [2.05, 4.69) is 4.74 Å². The quantitative estimate of drug-likeness (QED) is 0.601. The largest absolute Gasteiger partial charge is 0.465 e. The molecule has 2 N–H and O–H groups in total. The summed E-state index contributed by atoms with van der Waals surface area (Å²) in [6, 6.07) is 5.16. The van der Waals surface area contributed by atoms with Crippen molar-refractivity contribution in [3.63, 3.8) is 0 Å². The first kappa shape index (κ1) is 13.5. The van der Waals surface area contributed by atoms with E-state index in [0.717, 1.165) is 17.7 Å². The third-order valence-electron chi connectivity index (χ3n) is 1.94. The van der Waals surface area contributed by atoms with Crippen LogP contribution in [-0.2, 0) is 11.2 Å². The van der Waals surface area contributed by atoms with Crippen LogP contribution < -0.4 is 5.73 Å². The third-order valence-corrected chi connectivity index (χ3v) is 1.94. The van der Waals surface area contributed by atoms with Crippen molar-refractivity contribution >= 4 is 11.7 Å². The summed E-state index contributed by atoms with van der Waals surface area (Å²) in [6.45, 7) is 5.99. The smallest absolute Gasteiger partial charge is 0.337 e. The topological polar surface area (TPSA) is 52.3 Å². The van der Waals surface area contributed by atoms with Gasteiger partial charge in [0.15, 0.2) is 0 Å². The molecule has 3 heteroatoms. The first-order valence-corrected chi connectivity index (χ1v) is 5.15. The highest BCUT2D eigenvalue weighted by atomic mass is 16.5. The Kier molecular flexibility index (Phi) is 6.18. The molecule has 84 valence electrons. The summed E-state index contributed by atoms with van der Waals surface area (Å²) in [5.41, 5.74) is 7.93. The van der Waals surface area contributed by atoms with Crippen LogP contribution in [0.2, 0.25) is 0 Å². The van der Waals surface area contributed by atoms with Crippen molar-refractivity contribution in [2.45, 2.75) is 27.2 Å². The summed E-state index contributed by atoms with van der Waals surface area (Å²) < 4.78 is 4.60. The fraction of sp³-hybridized carbons (Fsp3) is 0.417. The van der Waals surface area contributed by atoms with E-state index in [1.54, 1.807) is 18.2 Å². The number of aryl methyl sites for hydroxylation is 1. The Morgan fingerprint density at radius 2 is 2.00 bits per heavy atom. The van der Waals surface area contributed by atoms with Gasteiger partial charge in [0.25, 0.3) is 0 Å². The van der Waals surface area contributed by atoms with Gasteiger partial charge in [0, 0.05) is 5.69 Å². The number of hydrogen-bond donors (Lipinski definition) is 1. The molecule has 0 unspecified atom stereocenters. The number of carbonyl (C=O) groups is 1. The predicted octanol–water partition coefficient (Wildman–Crippen LogP) is 2.64. The zero-order chi connectivity index (χ0) is 11.8. The van der Waals surface area contributed by atoms with Crippen LogP contribution in [-0.4, -0.2) is 13.1 Å². The monoisotopic (exact) mass is 209 g/mol. The van der Waals surface area contributed by atoms with Crippen molar-refractivity contribution in [2.24, 2.45) is 0 Å². The molecule has 0 aliphatic rings. The van der Waals surface area contributed by atoms with Crippen LogP contribution in [0.3, 0.4) is 0 Å². The lowest BCUT2D eigenvalue weighted by Gasteiger charge is -2.04. The van der Waals surface area contributed by atoms with Crippen LogP contribution in [0, 0.1) is 0 Å². The number of esters is 1. The van der Waals surface area contributed by atoms with Gasteiger partial charge in [-0.1, -0.05) is 20.8 Å². The first-order chi connectivity index (χ1) is 7.19. The number of carbonyl (C=O) groups excluding carboxylic acids is 1. The van der Waals surface area contributed by atoms with Gasteiger partial charge in [-0.15, -0.1) is 0 Å². The Balaban J connectivity index is 0.000000921. The molecule has 1 aromatic carbocycles. The van der Waals surface area contributed by atoms with Crippen LogP contribution in [0.25, 0.3) is 0 Å². The summed E-state index contributed by atoms with van der Waals surface area (Å²) in [4.78, 5) is 11.1. The molecule has 0 aromatic heterocycles. The summed E-state index contributed by atoms with van der Waals surface area (Å²) in [6.07, 6.45) is 0.816. The van der Waals surface area contributed by atoms with Gasteiger partial charge >= 0.3 is 5.97 Å². The highest BCUT2D eigenvalue weighted by Crippen LogP contribution is 2.15. The van der Waals surface area contributed by atoms with Gasteiger partial charge < -0.3 is 10.5 Å². The van der Waals surface area contributed by atoms with Crippen LogP contribution in [0.4, 0.5) is 5.69 Å². The molecule has 0 aliphatic carbocycles. The number of anilines is 1. The van der Waals surface area contributed by atoms with E-state index < -0.39 is 0 Å². The number of nitrogen functional groups attached to an aromatic ring is 1. The van der Waals surface area contributed by atoms with Gasteiger partial charge in [0.05, 0.1) is 12.7 Å². The molecule has 0 fully saturated rings. The van der Waals surface area contributed by atoms with Crippen molar-refractivity contribution in [3.05, 3.63) is 29.3 Å². The molecule has 0 aliphatic heterocycles. The molecular formula is C12H19NO2. The van der Waals surface area contributed by atoms with E-state index in [9.17, 15) is 4.79 Å². The molecular weight excluding hydrogens is 190 g/mol. The molecule has 3 nitrogen and oxygen atoms in total. The van der Waals surface area contributed by atoms with Gasteiger partial charge in [-0.2, -0.15) is 0 Å². The Bertz CT molecular complexity index is 321. The summed E-state index contributed by atoms with van der Waals surface area (Å²) in [5, 5.41) is 0. The van der Waals surface area contributed by atoms with Crippen molar-refractivity contribution < 1.29 is 9.53 Å². The van der Waals surface area contributed by atoms with E-state index in [1.165, 1.54) is 7.11 Å². The maximum atomic E-state index is 11.1. The minimum absolute atomic E-state index is 0.324. The lowest BCUT2D eigenvalue weighted by atomic mass is 10.1. The van der Waals surface area contributed by atoms with Crippen LogP contribution >= 0.6 is 0 Å². The average molecular weight is 209 g/mol. The van der Waals surface area contributed by atoms with Gasteiger partial charge in [0.2, 0.25) is 0 Å². The highest BCUT2D eigenvalue weighted by Gasteiger charge is 2.06. The number of hydrogen-bond acceptors (Lipinski definition) is 3. The molecule has 0 heterocycles. The summed E-state index contributed by atoms with van der Waals surface area (Å²) in [7, 11) is 1.37. The Morgan fingerprint density at radius 1 is 1.40 bits per heavy atom. The zero-order valence-corrected chi connectivity index (χ0v) is 9.83. The second-order valence-electron chi connectivity index (χ2n) is 2.76. The number of methoxy groups -OCH3 is 1. The molecule has 1 rings (SSSR count). The van der Waals surface area contributed by atoms with E-state index in [0.29, 0.717) is 5.56 Å². The maximum absolute atomic E-state index is 11.1. The Morgan fingerprint density at radius 3 is 2.47 bits per heavy atom. The Hall–Kier alpha value is -1.51. The highest BCUT2D eigenvalue weighted by molar-refractivity contribution is 5.90. The number of rotatable bonds is 2. The number of ether oxygens (including phenoxy) is 1. The molecule has 0 saturated heterocycles. The first-order valence-electron chi connectivity index (χ1n) is 5.15. The van der Waals surface area contributed by atoms with Gasteiger partial charge in [-0.25, -0.2) is 4.79 Å². The second-order valence-corrected chi connectivity index (χ2v) is 2.76. The molecule has 15 heavy (non-hydrogen) atoms. The van der Waals surface area contributed by atoms with E-state index in [1.807, 2.05) is 20.8 Å². The molecule has 0 bridgehead atoms. The minimum atomic E-state index is -0.324. The van der Waals surface area contributed by atoms with Crippen molar-refractivity contribution in [3.8, 4) is 0 Å².